The first-order valence-electron chi connectivity index (χ1n) is 7.71. The molecule has 0 aromatic heterocycles. The molecule has 0 spiro atoms. The highest BCUT2D eigenvalue weighted by Gasteiger charge is 2.34. The molecule has 0 unspecified atom stereocenters. The number of anilines is 2. The van der Waals surface area contributed by atoms with Crippen molar-refractivity contribution in [2.75, 3.05) is 29.4 Å². The van der Waals surface area contributed by atoms with Crippen LogP contribution in [0, 0.1) is 0 Å². The van der Waals surface area contributed by atoms with Crippen LogP contribution in [0.15, 0.2) is 53.5 Å². The van der Waals surface area contributed by atoms with E-state index in [0.29, 0.717) is 10.6 Å². The molecule has 0 amide bonds. The summed E-state index contributed by atoms with van der Waals surface area (Å²) >= 11 is 5.90. The standard InChI is InChI=1S/C18H16ClN3O.BrH/c19-14-8-6-13(7-9-14)17(23)12-22-16-5-2-1-4-15(16)21-11-3-10-20-18(21)22;/h1-2,4-9H,3,10-12H2;1H. The Morgan fingerprint density at radius 2 is 1.79 bits per heavy atom. The van der Waals surface area contributed by atoms with Crippen LogP contribution in [-0.4, -0.2) is 31.4 Å². The third-order valence-corrected chi connectivity index (χ3v) is 4.46. The number of hydrogen-bond acceptors (Lipinski definition) is 4. The highest BCUT2D eigenvalue weighted by molar-refractivity contribution is 8.93. The van der Waals surface area contributed by atoms with Crippen molar-refractivity contribution in [2.45, 2.75) is 6.42 Å². The van der Waals surface area contributed by atoms with Gasteiger partial charge in [-0.1, -0.05) is 23.7 Å². The van der Waals surface area contributed by atoms with Gasteiger partial charge in [0.2, 0.25) is 5.96 Å². The first kappa shape index (κ1) is 17.0. The predicted molar refractivity (Wildman–Crippen MR) is 104 cm³/mol. The van der Waals surface area contributed by atoms with Gasteiger partial charge in [0.25, 0.3) is 0 Å². The maximum atomic E-state index is 12.6. The fraction of sp³-hybridized carbons (Fsp3) is 0.222. The summed E-state index contributed by atoms with van der Waals surface area (Å²) in [6, 6.07) is 15.2. The number of carbonyl (C=O) groups excluding carboxylic acids is 1. The molecule has 0 fully saturated rings. The van der Waals surface area contributed by atoms with Gasteiger partial charge >= 0.3 is 0 Å². The molecule has 0 N–H and O–H groups in total. The van der Waals surface area contributed by atoms with Gasteiger partial charge in [-0.15, -0.1) is 17.0 Å². The summed E-state index contributed by atoms with van der Waals surface area (Å²) in [5.74, 6) is 0.950. The van der Waals surface area contributed by atoms with Crippen LogP contribution in [0.1, 0.15) is 16.8 Å². The molecular weight excluding hydrogens is 390 g/mol. The minimum absolute atomic E-state index is 0. The van der Waals surface area contributed by atoms with E-state index < -0.39 is 0 Å². The van der Waals surface area contributed by atoms with E-state index in [4.69, 9.17) is 11.6 Å². The van der Waals surface area contributed by atoms with Gasteiger partial charge in [0.15, 0.2) is 5.78 Å². The van der Waals surface area contributed by atoms with Crippen LogP contribution >= 0.6 is 28.6 Å². The second kappa shape index (κ2) is 6.95. The van der Waals surface area contributed by atoms with Crippen molar-refractivity contribution in [1.29, 1.82) is 0 Å². The van der Waals surface area contributed by atoms with Crippen molar-refractivity contribution in [1.82, 2.24) is 0 Å². The fourth-order valence-electron chi connectivity index (χ4n) is 3.11. The molecular formula is C18H17BrClN3O. The van der Waals surface area contributed by atoms with Gasteiger partial charge in [-0.2, -0.15) is 0 Å². The molecule has 0 bridgehead atoms. The second-order valence-electron chi connectivity index (χ2n) is 5.69. The highest BCUT2D eigenvalue weighted by atomic mass is 79.9. The predicted octanol–water partition coefficient (Wildman–Crippen LogP) is 4.19. The van der Waals surface area contributed by atoms with Crippen molar-refractivity contribution >= 4 is 51.7 Å². The Morgan fingerprint density at radius 1 is 1.08 bits per heavy atom. The van der Waals surface area contributed by atoms with E-state index >= 15 is 0 Å². The SMILES string of the molecule is Br.O=C(CN1C2=NCCCN2c2ccccc21)c1ccc(Cl)cc1. The van der Waals surface area contributed by atoms with Gasteiger partial charge in [0.05, 0.1) is 17.9 Å². The third-order valence-electron chi connectivity index (χ3n) is 4.21. The van der Waals surface area contributed by atoms with Crippen LogP contribution in [0.4, 0.5) is 11.4 Å². The molecule has 0 aliphatic carbocycles. The summed E-state index contributed by atoms with van der Waals surface area (Å²) in [7, 11) is 0. The Morgan fingerprint density at radius 3 is 2.54 bits per heavy atom. The Bertz CT molecular complexity index is 791. The summed E-state index contributed by atoms with van der Waals surface area (Å²) in [5, 5.41) is 0.635. The van der Waals surface area contributed by atoms with Crippen LogP contribution in [-0.2, 0) is 0 Å². The van der Waals surface area contributed by atoms with Crippen molar-refractivity contribution in [3.63, 3.8) is 0 Å². The summed E-state index contributed by atoms with van der Waals surface area (Å²) in [6.45, 7) is 2.04. The second-order valence-corrected chi connectivity index (χ2v) is 6.13. The fourth-order valence-corrected chi connectivity index (χ4v) is 3.23. The topological polar surface area (TPSA) is 35.9 Å². The molecule has 4 nitrogen and oxygen atoms in total. The number of halogens is 2. The van der Waals surface area contributed by atoms with Crippen molar-refractivity contribution < 1.29 is 4.79 Å². The lowest BCUT2D eigenvalue weighted by Crippen LogP contribution is -2.43. The number of fused-ring (bicyclic) bond motifs is 3. The summed E-state index contributed by atoms with van der Waals surface area (Å²) in [4.78, 5) is 21.5. The molecule has 2 heterocycles. The van der Waals surface area contributed by atoms with E-state index in [-0.39, 0.29) is 29.3 Å². The van der Waals surface area contributed by atoms with E-state index in [1.54, 1.807) is 24.3 Å². The number of nitrogens with zero attached hydrogens (tertiary/aromatic N) is 3. The molecule has 6 heteroatoms. The minimum Gasteiger partial charge on any atom is -0.310 e. The molecule has 2 aromatic rings. The number of carbonyl (C=O) groups is 1. The number of guanidine groups is 1. The lowest BCUT2D eigenvalue weighted by molar-refractivity contribution is 0.100. The van der Waals surface area contributed by atoms with E-state index in [9.17, 15) is 4.79 Å². The molecule has 24 heavy (non-hydrogen) atoms. The molecule has 0 atom stereocenters. The summed E-state index contributed by atoms with van der Waals surface area (Å²) < 4.78 is 0. The lowest BCUT2D eigenvalue weighted by atomic mass is 10.1. The average molecular weight is 407 g/mol. The number of ketones is 1. The van der Waals surface area contributed by atoms with Crippen LogP contribution in [0.5, 0.6) is 0 Å². The third kappa shape index (κ3) is 2.94. The largest absolute Gasteiger partial charge is 0.310 e. The zero-order valence-electron chi connectivity index (χ0n) is 13.0. The molecule has 124 valence electrons. The molecule has 2 aliphatic heterocycles. The van der Waals surface area contributed by atoms with Crippen molar-refractivity contribution in [3.8, 4) is 0 Å². The first-order valence-corrected chi connectivity index (χ1v) is 8.09. The van der Waals surface area contributed by atoms with E-state index in [1.165, 1.54) is 0 Å². The Hall–Kier alpha value is -1.85. The molecule has 4 rings (SSSR count). The Kier molecular flexibility index (Phi) is 4.92. The maximum Gasteiger partial charge on any atom is 0.206 e. The van der Waals surface area contributed by atoms with E-state index in [0.717, 1.165) is 36.8 Å². The molecule has 2 aromatic carbocycles. The van der Waals surface area contributed by atoms with E-state index in [1.807, 2.05) is 23.1 Å². The first-order chi connectivity index (χ1) is 11.2. The molecule has 0 radical (unpaired) electrons. The van der Waals surface area contributed by atoms with Gasteiger partial charge in [0, 0.05) is 23.7 Å². The molecule has 0 saturated carbocycles. The number of benzene rings is 2. The lowest BCUT2D eigenvalue weighted by Gasteiger charge is -2.26. The van der Waals surface area contributed by atoms with Crippen LogP contribution in [0.25, 0.3) is 0 Å². The zero-order valence-corrected chi connectivity index (χ0v) is 15.5. The van der Waals surface area contributed by atoms with Gasteiger partial charge in [-0.3, -0.25) is 9.79 Å². The number of Topliss-reactive ketones (excluding diaryl/α,β-unsaturated/α-hetero) is 1. The number of rotatable bonds is 3. The van der Waals surface area contributed by atoms with Crippen LogP contribution < -0.4 is 9.80 Å². The Balaban J connectivity index is 0.00000169. The normalized spacial score (nSPS) is 15.3. The summed E-state index contributed by atoms with van der Waals surface area (Å²) in [6.07, 6.45) is 1.04. The monoisotopic (exact) mass is 405 g/mol. The average Bonchev–Trinajstić information content (AvgIpc) is 2.90. The Labute approximate surface area is 156 Å². The number of aliphatic imine (C=N–C) groups is 1. The van der Waals surface area contributed by atoms with Gasteiger partial charge < -0.3 is 9.80 Å². The van der Waals surface area contributed by atoms with E-state index in [2.05, 4.69) is 16.0 Å². The quantitative estimate of drug-likeness (QED) is 0.717. The van der Waals surface area contributed by atoms with Crippen LogP contribution in [0.3, 0.4) is 0 Å². The van der Waals surface area contributed by atoms with Crippen molar-refractivity contribution in [2.24, 2.45) is 4.99 Å². The van der Waals surface area contributed by atoms with Gasteiger partial charge in [-0.05, 0) is 42.8 Å². The number of para-hydroxylation sites is 2. The number of hydrogen-bond donors (Lipinski definition) is 0. The molecule has 0 saturated heterocycles. The zero-order chi connectivity index (χ0) is 15.8. The summed E-state index contributed by atoms with van der Waals surface area (Å²) in [5.41, 5.74) is 2.85. The minimum atomic E-state index is 0. The molecule has 2 aliphatic rings. The maximum absolute atomic E-state index is 12.6. The van der Waals surface area contributed by atoms with Gasteiger partial charge in [-0.25, -0.2) is 0 Å². The van der Waals surface area contributed by atoms with Gasteiger partial charge in [0.1, 0.15) is 0 Å². The van der Waals surface area contributed by atoms with Crippen molar-refractivity contribution in [3.05, 3.63) is 59.1 Å². The van der Waals surface area contributed by atoms with Crippen LogP contribution in [0.2, 0.25) is 5.02 Å². The smallest absolute Gasteiger partial charge is 0.206 e. The highest BCUT2D eigenvalue weighted by Crippen LogP contribution is 2.38.